The van der Waals surface area contributed by atoms with Crippen LogP contribution in [0.2, 0.25) is 0 Å². The molecule has 0 aliphatic carbocycles. The molecule has 0 radical (unpaired) electrons. The zero-order chi connectivity index (χ0) is 17.4. The minimum Gasteiger partial charge on any atom is -0.362 e. The van der Waals surface area contributed by atoms with Crippen molar-refractivity contribution in [3.8, 4) is 0 Å². The van der Waals surface area contributed by atoms with Crippen molar-refractivity contribution in [2.24, 2.45) is 5.10 Å². The largest absolute Gasteiger partial charge is 0.438 e. The highest BCUT2D eigenvalue weighted by molar-refractivity contribution is 6.04. The molecule has 1 atom stereocenters. The second-order valence-corrected chi connectivity index (χ2v) is 5.24. The van der Waals surface area contributed by atoms with Crippen molar-refractivity contribution < 1.29 is 23.1 Å². The number of halogens is 3. The first-order valence-corrected chi connectivity index (χ1v) is 7.00. The lowest BCUT2D eigenvalue weighted by atomic mass is 10.0. The monoisotopic (exact) mass is 335 g/mol. The van der Waals surface area contributed by atoms with Gasteiger partial charge in [-0.25, -0.2) is 0 Å². The molecule has 8 heteroatoms. The van der Waals surface area contributed by atoms with E-state index in [1.165, 1.54) is 36.5 Å². The molecule has 1 N–H and O–H groups in total. The van der Waals surface area contributed by atoms with Gasteiger partial charge < -0.3 is 5.11 Å². The number of pyridine rings is 1. The van der Waals surface area contributed by atoms with Gasteiger partial charge in [-0.05, 0) is 24.3 Å². The second-order valence-electron chi connectivity index (χ2n) is 5.24. The number of benzene rings is 1. The molecule has 0 fully saturated rings. The lowest BCUT2D eigenvalue weighted by Gasteiger charge is -2.32. The second kappa shape index (κ2) is 5.72. The van der Waals surface area contributed by atoms with Crippen molar-refractivity contribution in [2.75, 3.05) is 0 Å². The van der Waals surface area contributed by atoms with Crippen LogP contribution < -0.4 is 0 Å². The standard InChI is InChI=1S/C16H12F3N3O2/c17-16(18,19)15(24)10-13(12-8-4-5-9-20-12)21-22(15)14(23)11-6-2-1-3-7-11/h1-9,24H,10H2. The Morgan fingerprint density at radius 3 is 2.38 bits per heavy atom. The molecule has 0 saturated carbocycles. The summed E-state index contributed by atoms with van der Waals surface area (Å²) in [4.78, 5) is 16.4. The summed E-state index contributed by atoms with van der Waals surface area (Å²) in [7, 11) is 0. The predicted octanol–water partition coefficient (Wildman–Crippen LogP) is 2.58. The van der Waals surface area contributed by atoms with Gasteiger partial charge in [0.25, 0.3) is 11.6 Å². The topological polar surface area (TPSA) is 65.8 Å². The maximum atomic E-state index is 13.4. The molecule has 0 saturated heterocycles. The number of carbonyl (C=O) groups excluding carboxylic acids is 1. The van der Waals surface area contributed by atoms with Crippen molar-refractivity contribution in [1.82, 2.24) is 9.99 Å². The van der Waals surface area contributed by atoms with Crippen LogP contribution in [0.3, 0.4) is 0 Å². The number of hydrogen-bond acceptors (Lipinski definition) is 4. The fourth-order valence-electron chi connectivity index (χ4n) is 2.36. The molecule has 5 nitrogen and oxygen atoms in total. The van der Waals surface area contributed by atoms with Gasteiger partial charge in [-0.15, -0.1) is 0 Å². The summed E-state index contributed by atoms with van der Waals surface area (Å²) >= 11 is 0. The number of carbonyl (C=O) groups is 1. The van der Waals surface area contributed by atoms with Crippen LogP contribution in [0.5, 0.6) is 0 Å². The van der Waals surface area contributed by atoms with E-state index in [2.05, 4.69) is 10.1 Å². The quantitative estimate of drug-likeness (QED) is 0.917. The van der Waals surface area contributed by atoms with Crippen LogP contribution in [0, 0.1) is 0 Å². The van der Waals surface area contributed by atoms with E-state index in [4.69, 9.17) is 0 Å². The minimum absolute atomic E-state index is 0.00815. The molecule has 0 bridgehead atoms. The van der Waals surface area contributed by atoms with Crippen LogP contribution in [0.4, 0.5) is 13.2 Å². The number of alkyl halides is 3. The Hall–Kier alpha value is -2.74. The molecular weight excluding hydrogens is 323 g/mol. The average molecular weight is 335 g/mol. The first-order chi connectivity index (χ1) is 11.3. The number of rotatable bonds is 2. The van der Waals surface area contributed by atoms with E-state index in [0.717, 1.165) is 0 Å². The highest BCUT2D eigenvalue weighted by Crippen LogP contribution is 2.41. The normalized spacial score (nSPS) is 20.8. The Bertz CT molecular complexity index is 778. The fourth-order valence-corrected chi connectivity index (χ4v) is 2.36. The molecule has 24 heavy (non-hydrogen) atoms. The van der Waals surface area contributed by atoms with Gasteiger partial charge in [-0.3, -0.25) is 9.78 Å². The molecule has 3 rings (SSSR count). The SMILES string of the molecule is O=C(c1ccccc1)N1N=C(c2ccccn2)CC1(O)C(F)(F)F. The smallest absolute Gasteiger partial charge is 0.362 e. The molecule has 2 aromatic rings. The predicted molar refractivity (Wildman–Crippen MR) is 79.0 cm³/mol. The lowest BCUT2D eigenvalue weighted by molar-refractivity contribution is -0.297. The first kappa shape index (κ1) is 16.1. The van der Waals surface area contributed by atoms with Crippen molar-refractivity contribution >= 4 is 11.6 Å². The summed E-state index contributed by atoms with van der Waals surface area (Å²) < 4.78 is 40.3. The lowest BCUT2D eigenvalue weighted by Crippen LogP contribution is -2.56. The summed E-state index contributed by atoms with van der Waals surface area (Å²) in [5, 5.41) is 14.0. The van der Waals surface area contributed by atoms with Crippen molar-refractivity contribution in [3.05, 3.63) is 66.0 Å². The van der Waals surface area contributed by atoms with E-state index in [0.29, 0.717) is 0 Å². The number of aromatic nitrogens is 1. The number of hydrogen-bond donors (Lipinski definition) is 1. The summed E-state index contributed by atoms with van der Waals surface area (Å²) in [6.07, 6.45) is -4.56. The van der Waals surface area contributed by atoms with Crippen molar-refractivity contribution in [2.45, 2.75) is 18.3 Å². The van der Waals surface area contributed by atoms with E-state index < -0.39 is 24.2 Å². The highest BCUT2D eigenvalue weighted by atomic mass is 19.4. The van der Waals surface area contributed by atoms with E-state index in [-0.39, 0.29) is 22.0 Å². The van der Waals surface area contributed by atoms with Crippen LogP contribution >= 0.6 is 0 Å². The van der Waals surface area contributed by atoms with Crippen LogP contribution in [0.1, 0.15) is 22.5 Å². The molecule has 1 amide bonds. The third-order valence-corrected chi connectivity index (χ3v) is 3.61. The van der Waals surface area contributed by atoms with E-state index in [9.17, 15) is 23.1 Å². The molecule has 124 valence electrons. The van der Waals surface area contributed by atoms with Crippen LogP contribution in [-0.2, 0) is 0 Å². The molecule has 1 aromatic heterocycles. The first-order valence-electron chi connectivity index (χ1n) is 7.00. The average Bonchev–Trinajstić information content (AvgIpc) is 2.95. The van der Waals surface area contributed by atoms with E-state index in [1.54, 1.807) is 18.2 Å². The molecule has 0 spiro atoms. The number of aliphatic hydroxyl groups is 1. The Balaban J connectivity index is 2.05. The Kier molecular flexibility index (Phi) is 3.84. The van der Waals surface area contributed by atoms with Gasteiger partial charge in [0.1, 0.15) is 0 Å². The number of hydrazone groups is 1. The van der Waals surface area contributed by atoms with Crippen molar-refractivity contribution in [1.29, 1.82) is 0 Å². The third kappa shape index (κ3) is 2.65. The Morgan fingerprint density at radius 1 is 1.12 bits per heavy atom. The van der Waals surface area contributed by atoms with Crippen molar-refractivity contribution in [3.63, 3.8) is 0 Å². The van der Waals surface area contributed by atoms with Gasteiger partial charge in [0.05, 0.1) is 17.8 Å². The summed E-state index contributed by atoms with van der Waals surface area (Å²) in [6, 6.07) is 12.0. The van der Waals surface area contributed by atoms with Crippen LogP contribution in [-0.4, -0.2) is 38.6 Å². The van der Waals surface area contributed by atoms with Crippen LogP contribution in [0.15, 0.2) is 59.8 Å². The molecule has 1 aromatic carbocycles. The van der Waals surface area contributed by atoms with E-state index >= 15 is 0 Å². The molecule has 1 aliphatic heterocycles. The summed E-state index contributed by atoms with van der Waals surface area (Å²) in [5.41, 5.74) is -3.36. The highest BCUT2D eigenvalue weighted by Gasteiger charge is 2.63. The third-order valence-electron chi connectivity index (χ3n) is 3.61. The molecular formula is C16H12F3N3O2. The number of amides is 1. The molecule has 1 aliphatic rings. The summed E-state index contributed by atoms with van der Waals surface area (Å²) in [5.74, 6) is -1.04. The van der Waals surface area contributed by atoms with Crippen LogP contribution in [0.25, 0.3) is 0 Å². The maximum absolute atomic E-state index is 13.4. The van der Waals surface area contributed by atoms with Gasteiger partial charge in [-0.1, -0.05) is 24.3 Å². The van der Waals surface area contributed by atoms with Gasteiger partial charge in [-0.2, -0.15) is 23.3 Å². The maximum Gasteiger partial charge on any atom is 0.438 e. The fraction of sp³-hybridized carbons (Fsp3) is 0.188. The minimum atomic E-state index is -5.07. The van der Waals surface area contributed by atoms with E-state index in [1.807, 2.05) is 0 Å². The Morgan fingerprint density at radius 2 is 1.79 bits per heavy atom. The van der Waals surface area contributed by atoms with Gasteiger partial charge >= 0.3 is 6.18 Å². The van der Waals surface area contributed by atoms with Gasteiger partial charge in [0.2, 0.25) is 0 Å². The number of nitrogens with zero attached hydrogens (tertiary/aromatic N) is 3. The zero-order valence-electron chi connectivity index (χ0n) is 12.2. The van der Waals surface area contributed by atoms with Gasteiger partial charge in [0, 0.05) is 11.8 Å². The zero-order valence-corrected chi connectivity index (χ0v) is 12.2. The van der Waals surface area contributed by atoms with Gasteiger partial charge in [0.15, 0.2) is 0 Å². The summed E-state index contributed by atoms with van der Waals surface area (Å²) in [6.45, 7) is 0. The molecule has 1 unspecified atom stereocenters. The molecule has 2 heterocycles. The Labute approximate surface area is 135 Å².